The number of hydrogen-bond donors (Lipinski definition) is 3. The zero-order chi connectivity index (χ0) is 37.7. The van der Waals surface area contributed by atoms with Crippen LogP contribution in [0.15, 0.2) is 24.3 Å². The number of rotatable bonds is 38. The third kappa shape index (κ3) is 36.6. The Balaban J connectivity index is 4.36. The quantitative estimate of drug-likeness (QED) is 0.0241. The van der Waals surface area contributed by atoms with Crippen molar-refractivity contribution in [2.45, 2.75) is 193 Å². The molecule has 3 atom stereocenters. The van der Waals surface area contributed by atoms with E-state index < -0.39 is 51.8 Å². The van der Waals surface area contributed by atoms with E-state index >= 15 is 0 Å². The number of carbonyl (C=O) groups excluding carboxylic acids is 2. The number of phosphoric ester groups is 1. The molecular weight excluding hydrogens is 671 g/mol. The summed E-state index contributed by atoms with van der Waals surface area (Å²) in [5.74, 6) is -0.943. The SMILES string of the molecule is CCCCCC/C=C\CCCCCCCC(=O)OCC(COP(=O)(O)OCC(O)CO)OC(=O)CCCCCCC/C=C\CCCCCCCC. The molecule has 0 spiro atoms. The van der Waals surface area contributed by atoms with Gasteiger partial charge in [0.1, 0.15) is 12.7 Å². The average molecular weight is 747 g/mol. The van der Waals surface area contributed by atoms with Crippen molar-refractivity contribution in [1.82, 2.24) is 0 Å². The van der Waals surface area contributed by atoms with Gasteiger partial charge in [-0.05, 0) is 64.2 Å². The van der Waals surface area contributed by atoms with Crippen LogP contribution in [0.4, 0.5) is 0 Å². The van der Waals surface area contributed by atoms with Crippen LogP contribution < -0.4 is 0 Å². The molecule has 0 heterocycles. The number of allylic oxidation sites excluding steroid dienone is 4. The van der Waals surface area contributed by atoms with Crippen LogP contribution in [0.25, 0.3) is 0 Å². The highest BCUT2D eigenvalue weighted by Gasteiger charge is 2.27. The second-order valence-electron chi connectivity index (χ2n) is 13.7. The van der Waals surface area contributed by atoms with Crippen LogP contribution in [-0.4, -0.2) is 65.7 Å². The summed E-state index contributed by atoms with van der Waals surface area (Å²) >= 11 is 0. The number of carbonyl (C=O) groups is 2. The first kappa shape index (κ1) is 49.5. The summed E-state index contributed by atoms with van der Waals surface area (Å²) in [5, 5.41) is 18.3. The predicted octanol–water partition coefficient (Wildman–Crippen LogP) is 10.2. The van der Waals surface area contributed by atoms with Crippen molar-refractivity contribution in [3.05, 3.63) is 24.3 Å². The van der Waals surface area contributed by atoms with Crippen LogP contribution in [0, 0.1) is 0 Å². The summed E-state index contributed by atoms with van der Waals surface area (Å²) in [4.78, 5) is 34.9. The molecule has 0 rings (SSSR count). The van der Waals surface area contributed by atoms with Gasteiger partial charge in [-0.25, -0.2) is 4.57 Å². The van der Waals surface area contributed by atoms with Gasteiger partial charge in [0.2, 0.25) is 0 Å². The van der Waals surface area contributed by atoms with Gasteiger partial charge in [0, 0.05) is 12.8 Å². The lowest BCUT2D eigenvalue weighted by Crippen LogP contribution is -2.29. The molecule has 0 aromatic rings. The Morgan fingerprint density at radius 1 is 0.569 bits per heavy atom. The fourth-order valence-electron chi connectivity index (χ4n) is 5.39. The summed E-state index contributed by atoms with van der Waals surface area (Å²) in [5.41, 5.74) is 0. The van der Waals surface area contributed by atoms with Crippen molar-refractivity contribution in [2.24, 2.45) is 0 Å². The molecule has 0 aliphatic rings. The fraction of sp³-hybridized carbons (Fsp3) is 0.850. The fourth-order valence-corrected chi connectivity index (χ4v) is 6.18. The summed E-state index contributed by atoms with van der Waals surface area (Å²) in [6, 6.07) is 0. The van der Waals surface area contributed by atoms with E-state index in [0.717, 1.165) is 77.0 Å². The lowest BCUT2D eigenvalue weighted by Gasteiger charge is -2.20. The van der Waals surface area contributed by atoms with E-state index in [1.54, 1.807) is 0 Å². The average Bonchev–Trinajstić information content (AvgIpc) is 3.12. The molecule has 3 unspecified atom stereocenters. The number of unbranched alkanes of at least 4 members (excludes halogenated alkanes) is 20. The van der Waals surface area contributed by atoms with E-state index in [0.29, 0.717) is 12.8 Å². The molecular formula is C40H75O10P. The van der Waals surface area contributed by atoms with Crippen LogP contribution in [0.5, 0.6) is 0 Å². The molecule has 0 saturated heterocycles. The second kappa shape index (κ2) is 36.8. The smallest absolute Gasteiger partial charge is 0.462 e. The summed E-state index contributed by atoms with van der Waals surface area (Å²) < 4.78 is 32.6. The molecule has 0 amide bonds. The Morgan fingerprint density at radius 3 is 1.43 bits per heavy atom. The lowest BCUT2D eigenvalue weighted by atomic mass is 10.1. The number of aliphatic hydroxyl groups excluding tert-OH is 2. The monoisotopic (exact) mass is 747 g/mol. The molecule has 3 N–H and O–H groups in total. The standard InChI is InChI=1S/C40H75O10P/c1-3-5-7-9-11-13-15-17-18-20-22-24-26-28-30-32-40(44)50-38(36-49-51(45,46)48-34-37(42)33-41)35-47-39(43)31-29-27-25-23-21-19-16-14-12-10-8-6-4-2/h14,16-18,37-38,41-42H,3-13,15,19-36H2,1-2H3,(H,45,46)/b16-14-,18-17-. The molecule has 51 heavy (non-hydrogen) atoms. The van der Waals surface area contributed by atoms with Crippen LogP contribution in [-0.2, 0) is 32.7 Å². The van der Waals surface area contributed by atoms with Gasteiger partial charge in [-0.1, -0.05) is 128 Å². The normalized spacial score (nSPS) is 14.2. The minimum atomic E-state index is -4.61. The number of esters is 2. The number of phosphoric acid groups is 1. The molecule has 0 bridgehead atoms. The van der Waals surface area contributed by atoms with Crippen molar-refractivity contribution in [2.75, 3.05) is 26.4 Å². The third-order valence-corrected chi connectivity index (χ3v) is 9.53. The number of hydrogen-bond acceptors (Lipinski definition) is 9. The van der Waals surface area contributed by atoms with Gasteiger partial charge in [-0.2, -0.15) is 0 Å². The minimum absolute atomic E-state index is 0.174. The molecule has 0 radical (unpaired) electrons. The summed E-state index contributed by atoms with van der Waals surface area (Å²) in [6.07, 6.45) is 34.3. The molecule has 0 aromatic heterocycles. The van der Waals surface area contributed by atoms with Crippen LogP contribution in [0.1, 0.15) is 181 Å². The van der Waals surface area contributed by atoms with E-state index in [1.807, 2.05) is 0 Å². The van der Waals surface area contributed by atoms with Gasteiger partial charge in [-0.15, -0.1) is 0 Å². The minimum Gasteiger partial charge on any atom is -0.462 e. The van der Waals surface area contributed by atoms with Crippen molar-refractivity contribution < 1.29 is 47.8 Å². The summed E-state index contributed by atoms with van der Waals surface area (Å²) in [7, 11) is -4.61. The van der Waals surface area contributed by atoms with Gasteiger partial charge in [0.15, 0.2) is 6.10 Å². The predicted molar refractivity (Wildman–Crippen MR) is 205 cm³/mol. The van der Waals surface area contributed by atoms with E-state index in [4.69, 9.17) is 19.1 Å². The first-order valence-corrected chi connectivity index (χ1v) is 21.8. The van der Waals surface area contributed by atoms with E-state index in [-0.39, 0.29) is 19.4 Å². The second-order valence-corrected chi connectivity index (χ2v) is 15.1. The highest BCUT2D eigenvalue weighted by Crippen LogP contribution is 2.43. The molecule has 0 aromatic carbocycles. The topological polar surface area (TPSA) is 149 Å². The Morgan fingerprint density at radius 2 is 0.961 bits per heavy atom. The van der Waals surface area contributed by atoms with Gasteiger partial charge in [-0.3, -0.25) is 18.6 Å². The molecule has 300 valence electrons. The Labute approximate surface area is 310 Å². The van der Waals surface area contributed by atoms with E-state index in [1.165, 1.54) is 64.2 Å². The van der Waals surface area contributed by atoms with Gasteiger partial charge in [0.25, 0.3) is 0 Å². The van der Waals surface area contributed by atoms with Crippen LogP contribution in [0.2, 0.25) is 0 Å². The molecule has 11 heteroatoms. The number of aliphatic hydroxyl groups is 2. The Bertz CT molecular complexity index is 910. The molecule has 0 aliphatic heterocycles. The lowest BCUT2D eigenvalue weighted by molar-refractivity contribution is -0.161. The molecule has 10 nitrogen and oxygen atoms in total. The van der Waals surface area contributed by atoms with Gasteiger partial charge >= 0.3 is 19.8 Å². The Kier molecular flexibility index (Phi) is 35.7. The van der Waals surface area contributed by atoms with E-state index in [2.05, 4.69) is 42.7 Å². The van der Waals surface area contributed by atoms with Crippen LogP contribution >= 0.6 is 7.82 Å². The maximum absolute atomic E-state index is 12.6. The number of ether oxygens (including phenoxy) is 2. The first-order valence-electron chi connectivity index (χ1n) is 20.3. The summed E-state index contributed by atoms with van der Waals surface area (Å²) in [6.45, 7) is 2.34. The van der Waals surface area contributed by atoms with Crippen molar-refractivity contribution >= 4 is 19.8 Å². The largest absolute Gasteiger partial charge is 0.472 e. The molecule has 0 fully saturated rings. The van der Waals surface area contributed by atoms with Crippen molar-refractivity contribution in [1.29, 1.82) is 0 Å². The van der Waals surface area contributed by atoms with Crippen LogP contribution in [0.3, 0.4) is 0 Å². The molecule has 0 saturated carbocycles. The van der Waals surface area contributed by atoms with Crippen molar-refractivity contribution in [3.8, 4) is 0 Å². The highest BCUT2D eigenvalue weighted by atomic mass is 31.2. The maximum atomic E-state index is 12.6. The zero-order valence-electron chi connectivity index (χ0n) is 32.3. The molecule has 0 aliphatic carbocycles. The third-order valence-electron chi connectivity index (χ3n) is 8.58. The van der Waals surface area contributed by atoms with Crippen molar-refractivity contribution in [3.63, 3.8) is 0 Å². The maximum Gasteiger partial charge on any atom is 0.472 e. The van der Waals surface area contributed by atoms with E-state index in [9.17, 15) is 24.2 Å². The Hall–Kier alpha value is -1.55. The van der Waals surface area contributed by atoms with Gasteiger partial charge < -0.3 is 24.6 Å². The first-order chi connectivity index (χ1) is 24.7. The zero-order valence-corrected chi connectivity index (χ0v) is 33.2. The highest BCUT2D eigenvalue weighted by molar-refractivity contribution is 7.47. The van der Waals surface area contributed by atoms with Gasteiger partial charge in [0.05, 0.1) is 19.8 Å².